The van der Waals surface area contributed by atoms with Gasteiger partial charge in [-0.2, -0.15) is 0 Å². The van der Waals surface area contributed by atoms with E-state index in [9.17, 15) is 4.79 Å². The van der Waals surface area contributed by atoms with Crippen molar-refractivity contribution in [3.05, 3.63) is 48.5 Å². The van der Waals surface area contributed by atoms with Crippen molar-refractivity contribution < 1.29 is 14.3 Å². The van der Waals surface area contributed by atoms with Crippen LogP contribution in [-0.2, 0) is 4.79 Å². The maximum atomic E-state index is 12.2. The van der Waals surface area contributed by atoms with Gasteiger partial charge in [0, 0.05) is 17.3 Å². The second-order valence-electron chi connectivity index (χ2n) is 5.47. The van der Waals surface area contributed by atoms with E-state index in [0.717, 1.165) is 11.3 Å². The minimum absolute atomic E-state index is 0.148. The van der Waals surface area contributed by atoms with Crippen LogP contribution in [0.4, 0.5) is 5.69 Å². The molecule has 3 aromatic rings. The summed E-state index contributed by atoms with van der Waals surface area (Å²) >= 11 is 1.20. The Morgan fingerprint density at radius 3 is 2.56 bits per heavy atom. The molecule has 0 radical (unpaired) electrons. The van der Waals surface area contributed by atoms with Crippen LogP contribution in [0.15, 0.2) is 53.7 Å². The van der Waals surface area contributed by atoms with Crippen molar-refractivity contribution in [3.8, 4) is 22.9 Å². The van der Waals surface area contributed by atoms with E-state index in [0.29, 0.717) is 22.4 Å². The molecule has 3 N–H and O–H groups in total. The molecular formula is C18H19N5O3S. The number of aromatic nitrogens is 3. The molecule has 1 heterocycles. The predicted molar refractivity (Wildman–Crippen MR) is 105 cm³/mol. The van der Waals surface area contributed by atoms with Gasteiger partial charge in [-0.1, -0.05) is 17.8 Å². The summed E-state index contributed by atoms with van der Waals surface area (Å²) in [5.74, 6) is 7.96. The molecule has 0 saturated carbocycles. The Morgan fingerprint density at radius 1 is 1.11 bits per heavy atom. The van der Waals surface area contributed by atoms with E-state index in [1.807, 2.05) is 30.3 Å². The highest BCUT2D eigenvalue weighted by Crippen LogP contribution is 2.24. The molecule has 27 heavy (non-hydrogen) atoms. The van der Waals surface area contributed by atoms with E-state index in [2.05, 4.69) is 15.5 Å². The zero-order valence-corrected chi connectivity index (χ0v) is 15.7. The Balaban J connectivity index is 1.62. The minimum Gasteiger partial charge on any atom is -0.497 e. The van der Waals surface area contributed by atoms with Crippen LogP contribution >= 0.6 is 11.8 Å². The van der Waals surface area contributed by atoms with Gasteiger partial charge in [0.25, 0.3) is 0 Å². The second-order valence-corrected chi connectivity index (χ2v) is 6.42. The van der Waals surface area contributed by atoms with Crippen molar-refractivity contribution in [2.45, 2.75) is 5.16 Å². The molecule has 9 heteroatoms. The third kappa shape index (κ3) is 4.50. The smallest absolute Gasteiger partial charge is 0.234 e. The fraction of sp³-hybridized carbons (Fsp3) is 0.167. The summed E-state index contributed by atoms with van der Waals surface area (Å²) in [7, 11) is 3.18. The number of carbonyl (C=O) groups excluding carboxylic acids is 1. The van der Waals surface area contributed by atoms with Gasteiger partial charge in [-0.25, -0.2) is 4.68 Å². The normalized spacial score (nSPS) is 10.4. The van der Waals surface area contributed by atoms with Gasteiger partial charge >= 0.3 is 0 Å². The van der Waals surface area contributed by atoms with E-state index in [1.54, 1.807) is 32.4 Å². The number of thioether (sulfide) groups is 1. The predicted octanol–water partition coefficient (Wildman–Crippen LogP) is 2.41. The molecule has 1 amide bonds. The highest BCUT2D eigenvalue weighted by molar-refractivity contribution is 7.99. The van der Waals surface area contributed by atoms with Crippen molar-refractivity contribution in [2.75, 3.05) is 31.1 Å². The number of nitrogens with one attached hydrogen (secondary N) is 1. The van der Waals surface area contributed by atoms with Crippen molar-refractivity contribution in [1.29, 1.82) is 0 Å². The molecule has 1 aromatic heterocycles. The molecule has 0 fully saturated rings. The molecule has 2 aromatic carbocycles. The van der Waals surface area contributed by atoms with Gasteiger partial charge in [0.1, 0.15) is 11.5 Å². The molecule has 0 atom stereocenters. The van der Waals surface area contributed by atoms with E-state index >= 15 is 0 Å². The summed E-state index contributed by atoms with van der Waals surface area (Å²) in [6, 6.07) is 14.5. The largest absolute Gasteiger partial charge is 0.497 e. The molecule has 0 saturated heterocycles. The molecule has 3 rings (SSSR count). The number of methoxy groups -OCH3 is 2. The number of nitrogen functional groups attached to an aromatic ring is 1. The number of carbonyl (C=O) groups is 1. The van der Waals surface area contributed by atoms with Crippen LogP contribution in [0.3, 0.4) is 0 Å². The zero-order chi connectivity index (χ0) is 19.2. The average Bonchev–Trinajstić information content (AvgIpc) is 3.07. The fourth-order valence-corrected chi connectivity index (χ4v) is 3.00. The lowest BCUT2D eigenvalue weighted by Crippen LogP contribution is -2.16. The van der Waals surface area contributed by atoms with Crippen molar-refractivity contribution in [2.24, 2.45) is 0 Å². The average molecular weight is 385 g/mol. The Labute approximate surface area is 160 Å². The first kappa shape index (κ1) is 18.6. The van der Waals surface area contributed by atoms with Gasteiger partial charge in [0.15, 0.2) is 5.82 Å². The van der Waals surface area contributed by atoms with Crippen LogP contribution in [0.5, 0.6) is 11.5 Å². The van der Waals surface area contributed by atoms with Crippen molar-refractivity contribution in [1.82, 2.24) is 14.9 Å². The number of hydrogen-bond acceptors (Lipinski definition) is 7. The van der Waals surface area contributed by atoms with Crippen LogP contribution in [0, 0.1) is 0 Å². The topological polar surface area (TPSA) is 104 Å². The molecule has 140 valence electrons. The zero-order valence-electron chi connectivity index (χ0n) is 14.9. The highest BCUT2D eigenvalue weighted by Gasteiger charge is 2.14. The number of nitrogens with zero attached hydrogens (tertiary/aromatic N) is 3. The van der Waals surface area contributed by atoms with E-state index in [1.165, 1.54) is 16.4 Å². The van der Waals surface area contributed by atoms with Gasteiger partial charge < -0.3 is 20.6 Å². The Bertz CT molecular complexity index is 927. The third-order valence-corrected chi connectivity index (χ3v) is 4.64. The fourth-order valence-electron chi connectivity index (χ4n) is 2.34. The Kier molecular flexibility index (Phi) is 5.82. The molecule has 0 bridgehead atoms. The minimum atomic E-state index is -0.178. The number of hydrogen-bond donors (Lipinski definition) is 2. The maximum absolute atomic E-state index is 12.2. The standard InChI is InChI=1S/C18H19N5O3S/c1-25-14-8-6-12(7-9-14)17-21-22-18(23(17)19)27-11-16(24)20-13-4-3-5-15(10-13)26-2/h3-10H,11,19H2,1-2H3,(H,20,24). The molecule has 8 nitrogen and oxygen atoms in total. The molecule has 0 unspecified atom stereocenters. The molecule has 0 aliphatic carbocycles. The number of amides is 1. The van der Waals surface area contributed by atoms with E-state index < -0.39 is 0 Å². The monoisotopic (exact) mass is 385 g/mol. The molecule has 0 spiro atoms. The lowest BCUT2D eigenvalue weighted by atomic mass is 10.2. The third-order valence-electron chi connectivity index (χ3n) is 3.70. The Hall–Kier alpha value is -3.20. The second kappa shape index (κ2) is 8.45. The first-order valence-corrected chi connectivity index (χ1v) is 9.01. The van der Waals surface area contributed by atoms with Gasteiger partial charge in [-0.05, 0) is 36.4 Å². The lowest BCUT2D eigenvalue weighted by Gasteiger charge is -2.07. The lowest BCUT2D eigenvalue weighted by molar-refractivity contribution is -0.113. The summed E-state index contributed by atoms with van der Waals surface area (Å²) in [6.07, 6.45) is 0. The first-order valence-electron chi connectivity index (χ1n) is 8.02. The van der Waals surface area contributed by atoms with Gasteiger partial charge in [-0.15, -0.1) is 10.2 Å². The van der Waals surface area contributed by atoms with E-state index in [4.69, 9.17) is 15.3 Å². The molecule has 0 aliphatic heterocycles. The van der Waals surface area contributed by atoms with Crippen LogP contribution < -0.4 is 20.6 Å². The summed E-state index contributed by atoms with van der Waals surface area (Å²) in [5.41, 5.74) is 1.46. The summed E-state index contributed by atoms with van der Waals surface area (Å²) < 4.78 is 11.6. The molecule has 0 aliphatic rings. The van der Waals surface area contributed by atoms with Gasteiger partial charge in [0.05, 0.1) is 20.0 Å². The van der Waals surface area contributed by atoms with Gasteiger partial charge in [-0.3, -0.25) is 4.79 Å². The van der Waals surface area contributed by atoms with Crippen LogP contribution in [0.2, 0.25) is 0 Å². The van der Waals surface area contributed by atoms with Crippen LogP contribution in [0.25, 0.3) is 11.4 Å². The maximum Gasteiger partial charge on any atom is 0.234 e. The van der Waals surface area contributed by atoms with Crippen LogP contribution in [0.1, 0.15) is 0 Å². The van der Waals surface area contributed by atoms with Crippen molar-refractivity contribution in [3.63, 3.8) is 0 Å². The molecular weight excluding hydrogens is 366 g/mol. The highest BCUT2D eigenvalue weighted by atomic mass is 32.2. The summed E-state index contributed by atoms with van der Waals surface area (Å²) in [6.45, 7) is 0. The van der Waals surface area contributed by atoms with E-state index in [-0.39, 0.29) is 11.7 Å². The number of nitrogens with two attached hydrogens (primary N) is 1. The Morgan fingerprint density at radius 2 is 1.85 bits per heavy atom. The first-order chi connectivity index (χ1) is 13.1. The number of ether oxygens (including phenoxy) is 2. The number of anilines is 1. The number of benzene rings is 2. The van der Waals surface area contributed by atoms with Gasteiger partial charge in [0.2, 0.25) is 11.1 Å². The van der Waals surface area contributed by atoms with Crippen LogP contribution in [-0.4, -0.2) is 40.8 Å². The summed E-state index contributed by atoms with van der Waals surface area (Å²) in [4.78, 5) is 12.2. The van der Waals surface area contributed by atoms with Crippen molar-refractivity contribution >= 4 is 23.4 Å². The quantitative estimate of drug-likeness (QED) is 0.475. The summed E-state index contributed by atoms with van der Waals surface area (Å²) in [5, 5.41) is 11.4. The number of rotatable bonds is 7. The SMILES string of the molecule is COc1ccc(-c2nnc(SCC(=O)Nc3cccc(OC)c3)n2N)cc1.